The maximum Gasteiger partial charge on any atom is 0.0687 e. The molecule has 0 aliphatic rings. The number of benzene rings is 2. The molecule has 0 fully saturated rings. The van der Waals surface area contributed by atoms with E-state index in [1.807, 2.05) is 31.2 Å². The third-order valence-electron chi connectivity index (χ3n) is 3.34. The third-order valence-corrected chi connectivity index (χ3v) is 3.34. The molecule has 0 saturated carbocycles. The van der Waals surface area contributed by atoms with Crippen molar-refractivity contribution in [2.24, 2.45) is 0 Å². The quantitative estimate of drug-likeness (QED) is 0.831. The van der Waals surface area contributed by atoms with E-state index in [9.17, 15) is 5.11 Å². The van der Waals surface area contributed by atoms with Crippen LogP contribution < -0.4 is 4.90 Å². The van der Waals surface area contributed by atoms with Gasteiger partial charge in [0.25, 0.3) is 0 Å². The first-order chi connectivity index (χ1) is 9.75. The molecule has 0 heterocycles. The molecule has 2 rings (SSSR count). The van der Waals surface area contributed by atoms with Gasteiger partial charge in [0.15, 0.2) is 0 Å². The van der Waals surface area contributed by atoms with Crippen molar-refractivity contribution >= 4 is 5.69 Å². The summed E-state index contributed by atoms with van der Waals surface area (Å²) in [7, 11) is 0. The van der Waals surface area contributed by atoms with Gasteiger partial charge >= 0.3 is 0 Å². The van der Waals surface area contributed by atoms with Crippen LogP contribution in [0, 0.1) is 0 Å². The van der Waals surface area contributed by atoms with Gasteiger partial charge < -0.3 is 10.0 Å². The maximum absolute atomic E-state index is 9.66. The van der Waals surface area contributed by atoms with Crippen molar-refractivity contribution in [2.45, 2.75) is 25.9 Å². The fourth-order valence-electron chi connectivity index (χ4n) is 2.40. The predicted octanol–water partition coefficient (Wildman–Crippen LogP) is 3.51. The second-order valence-electron chi connectivity index (χ2n) is 5.22. The first kappa shape index (κ1) is 14.6. The zero-order valence-electron chi connectivity index (χ0n) is 12.1. The van der Waals surface area contributed by atoms with E-state index in [1.165, 1.54) is 11.3 Å². The average Bonchev–Trinajstić information content (AvgIpc) is 2.48. The molecule has 2 nitrogen and oxygen atoms in total. The predicted molar refractivity (Wildman–Crippen MR) is 85.1 cm³/mol. The van der Waals surface area contributed by atoms with E-state index in [2.05, 4.69) is 41.3 Å². The Balaban J connectivity index is 1.91. The summed E-state index contributed by atoms with van der Waals surface area (Å²) < 4.78 is 0. The van der Waals surface area contributed by atoms with Crippen LogP contribution in [-0.2, 0) is 6.42 Å². The minimum atomic E-state index is -0.313. The molecule has 0 unspecified atom stereocenters. The molecule has 0 saturated heterocycles. The Bertz CT molecular complexity index is 481. The SMILES string of the molecule is C[C@@H](O)CN(CCCc1ccccc1)c1ccccc1. The number of aliphatic hydroxyl groups is 1. The summed E-state index contributed by atoms with van der Waals surface area (Å²) in [5, 5.41) is 9.66. The molecule has 0 bridgehead atoms. The number of hydrogen-bond donors (Lipinski definition) is 1. The largest absolute Gasteiger partial charge is 0.392 e. The van der Waals surface area contributed by atoms with Crippen molar-refractivity contribution in [3.05, 3.63) is 66.2 Å². The summed E-state index contributed by atoms with van der Waals surface area (Å²) >= 11 is 0. The number of para-hydroxylation sites is 1. The molecule has 2 heteroatoms. The van der Waals surface area contributed by atoms with E-state index >= 15 is 0 Å². The number of rotatable bonds is 7. The monoisotopic (exact) mass is 269 g/mol. The zero-order valence-corrected chi connectivity index (χ0v) is 12.1. The Labute approximate surface area is 121 Å². The van der Waals surface area contributed by atoms with Crippen LogP contribution in [0.15, 0.2) is 60.7 Å². The Morgan fingerprint density at radius 2 is 1.55 bits per heavy atom. The number of aliphatic hydroxyl groups excluding tert-OH is 1. The standard InChI is InChI=1S/C18H23NO/c1-16(20)15-19(18-12-6-3-7-13-18)14-8-11-17-9-4-2-5-10-17/h2-7,9-10,12-13,16,20H,8,11,14-15H2,1H3/t16-/m1/s1. The second kappa shape index (κ2) is 7.71. The van der Waals surface area contributed by atoms with E-state index in [0.717, 1.165) is 19.4 Å². The maximum atomic E-state index is 9.66. The van der Waals surface area contributed by atoms with Crippen LogP contribution in [0.4, 0.5) is 5.69 Å². The normalized spacial score (nSPS) is 12.1. The molecule has 0 radical (unpaired) electrons. The van der Waals surface area contributed by atoms with Gasteiger partial charge in [-0.05, 0) is 37.5 Å². The summed E-state index contributed by atoms with van der Waals surface area (Å²) in [5.74, 6) is 0. The zero-order chi connectivity index (χ0) is 14.2. The highest BCUT2D eigenvalue weighted by molar-refractivity contribution is 5.46. The molecular weight excluding hydrogens is 246 g/mol. The Morgan fingerprint density at radius 1 is 0.950 bits per heavy atom. The fourth-order valence-corrected chi connectivity index (χ4v) is 2.40. The van der Waals surface area contributed by atoms with Gasteiger partial charge in [-0.1, -0.05) is 48.5 Å². The molecule has 106 valence electrons. The highest BCUT2D eigenvalue weighted by Gasteiger charge is 2.08. The van der Waals surface area contributed by atoms with Crippen LogP contribution in [0.25, 0.3) is 0 Å². The van der Waals surface area contributed by atoms with Gasteiger partial charge in [0.2, 0.25) is 0 Å². The van der Waals surface area contributed by atoms with Crippen molar-refractivity contribution < 1.29 is 5.11 Å². The lowest BCUT2D eigenvalue weighted by Crippen LogP contribution is -2.32. The van der Waals surface area contributed by atoms with Crippen LogP contribution in [0.5, 0.6) is 0 Å². The lowest BCUT2D eigenvalue weighted by Gasteiger charge is -2.26. The van der Waals surface area contributed by atoms with Crippen LogP contribution >= 0.6 is 0 Å². The number of anilines is 1. The average molecular weight is 269 g/mol. The van der Waals surface area contributed by atoms with E-state index in [0.29, 0.717) is 6.54 Å². The molecule has 0 aliphatic heterocycles. The van der Waals surface area contributed by atoms with Gasteiger partial charge in [-0.15, -0.1) is 0 Å². The van der Waals surface area contributed by atoms with Crippen molar-refractivity contribution in [1.82, 2.24) is 0 Å². The van der Waals surface area contributed by atoms with Crippen LogP contribution in [0.2, 0.25) is 0 Å². The van der Waals surface area contributed by atoms with Gasteiger partial charge in [-0.2, -0.15) is 0 Å². The second-order valence-corrected chi connectivity index (χ2v) is 5.22. The molecule has 1 atom stereocenters. The topological polar surface area (TPSA) is 23.5 Å². The molecule has 2 aromatic rings. The van der Waals surface area contributed by atoms with Gasteiger partial charge in [-0.3, -0.25) is 0 Å². The van der Waals surface area contributed by atoms with Crippen molar-refractivity contribution in [1.29, 1.82) is 0 Å². The molecule has 1 N–H and O–H groups in total. The smallest absolute Gasteiger partial charge is 0.0687 e. The first-order valence-electron chi connectivity index (χ1n) is 7.27. The molecule has 0 spiro atoms. The summed E-state index contributed by atoms with van der Waals surface area (Å²) in [4.78, 5) is 2.26. The van der Waals surface area contributed by atoms with Crippen LogP contribution in [0.1, 0.15) is 18.9 Å². The van der Waals surface area contributed by atoms with Gasteiger partial charge in [0.1, 0.15) is 0 Å². The highest BCUT2D eigenvalue weighted by Crippen LogP contribution is 2.15. The third kappa shape index (κ3) is 4.71. The molecule has 0 amide bonds. The summed E-state index contributed by atoms with van der Waals surface area (Å²) in [5.41, 5.74) is 2.55. The fraction of sp³-hybridized carbons (Fsp3) is 0.333. The molecular formula is C18H23NO. The highest BCUT2D eigenvalue weighted by atomic mass is 16.3. The summed E-state index contributed by atoms with van der Waals surface area (Å²) in [6, 6.07) is 20.9. The first-order valence-corrected chi connectivity index (χ1v) is 7.27. The van der Waals surface area contributed by atoms with Gasteiger partial charge in [-0.25, -0.2) is 0 Å². The van der Waals surface area contributed by atoms with E-state index in [1.54, 1.807) is 0 Å². The van der Waals surface area contributed by atoms with Crippen LogP contribution in [-0.4, -0.2) is 24.3 Å². The Kier molecular flexibility index (Phi) is 5.63. The Morgan fingerprint density at radius 3 is 2.15 bits per heavy atom. The lowest BCUT2D eigenvalue weighted by atomic mass is 10.1. The van der Waals surface area contributed by atoms with E-state index in [-0.39, 0.29) is 6.10 Å². The molecule has 0 aromatic heterocycles. The summed E-state index contributed by atoms with van der Waals surface area (Å²) in [6.07, 6.45) is 1.85. The van der Waals surface area contributed by atoms with Gasteiger partial charge in [0.05, 0.1) is 6.10 Å². The van der Waals surface area contributed by atoms with Gasteiger partial charge in [0, 0.05) is 18.8 Å². The van der Waals surface area contributed by atoms with E-state index < -0.39 is 0 Å². The Hall–Kier alpha value is -1.80. The van der Waals surface area contributed by atoms with Crippen LogP contribution in [0.3, 0.4) is 0 Å². The number of hydrogen-bond acceptors (Lipinski definition) is 2. The van der Waals surface area contributed by atoms with Crippen molar-refractivity contribution in [2.75, 3.05) is 18.0 Å². The minimum absolute atomic E-state index is 0.313. The van der Waals surface area contributed by atoms with E-state index in [4.69, 9.17) is 0 Å². The van der Waals surface area contributed by atoms with Crippen molar-refractivity contribution in [3.8, 4) is 0 Å². The van der Waals surface area contributed by atoms with Crippen molar-refractivity contribution in [3.63, 3.8) is 0 Å². The molecule has 2 aromatic carbocycles. The summed E-state index contributed by atoms with van der Waals surface area (Å²) in [6.45, 7) is 3.48. The molecule has 0 aliphatic carbocycles. The lowest BCUT2D eigenvalue weighted by molar-refractivity contribution is 0.200. The molecule has 20 heavy (non-hydrogen) atoms. The number of nitrogens with zero attached hydrogens (tertiary/aromatic N) is 1. The minimum Gasteiger partial charge on any atom is -0.392 e. The number of aryl methyl sites for hydroxylation is 1.